The maximum absolute atomic E-state index is 6.11. The van der Waals surface area contributed by atoms with E-state index in [1.807, 2.05) is 48.7 Å². The summed E-state index contributed by atoms with van der Waals surface area (Å²) >= 11 is 0. The van der Waals surface area contributed by atoms with Crippen LogP contribution in [0.1, 0.15) is 24.4 Å². The molecule has 1 saturated carbocycles. The fourth-order valence-electron chi connectivity index (χ4n) is 3.64. The van der Waals surface area contributed by atoms with Gasteiger partial charge >= 0.3 is 0 Å². The average molecular weight is 401 g/mol. The summed E-state index contributed by atoms with van der Waals surface area (Å²) in [6, 6.07) is 19.0. The van der Waals surface area contributed by atoms with Crippen LogP contribution in [-0.2, 0) is 6.61 Å². The molecule has 2 heterocycles. The van der Waals surface area contributed by atoms with Gasteiger partial charge in [0.15, 0.2) is 11.5 Å². The van der Waals surface area contributed by atoms with Gasteiger partial charge in [-0.25, -0.2) is 0 Å². The third kappa shape index (κ3) is 3.45. The lowest BCUT2D eigenvalue weighted by Crippen LogP contribution is -2.03. The van der Waals surface area contributed by atoms with Gasteiger partial charge in [-0.05, 0) is 42.7 Å². The molecule has 6 nitrogen and oxygen atoms in total. The zero-order valence-electron chi connectivity index (χ0n) is 17.0. The Balaban J connectivity index is 1.50. The van der Waals surface area contributed by atoms with Gasteiger partial charge in [-0.3, -0.25) is 9.55 Å². The van der Waals surface area contributed by atoms with E-state index in [9.17, 15) is 0 Å². The van der Waals surface area contributed by atoms with Crippen LogP contribution in [0.3, 0.4) is 0 Å². The monoisotopic (exact) mass is 401 g/mol. The predicted octanol–water partition coefficient (Wildman–Crippen LogP) is 5.03. The molecule has 0 N–H and O–H groups in total. The molecule has 0 spiro atoms. The number of benzene rings is 2. The first kappa shape index (κ1) is 18.5. The summed E-state index contributed by atoms with van der Waals surface area (Å²) in [7, 11) is 3.26. The molecule has 152 valence electrons. The second-order valence-corrected chi connectivity index (χ2v) is 7.40. The molecule has 4 aromatic rings. The molecule has 1 aliphatic rings. The number of hydrogen-bond acceptors (Lipinski definition) is 5. The van der Waals surface area contributed by atoms with Crippen molar-refractivity contribution in [1.29, 1.82) is 0 Å². The molecule has 1 aliphatic carbocycles. The minimum atomic E-state index is 0.439. The molecule has 0 saturated heterocycles. The third-order valence-corrected chi connectivity index (χ3v) is 5.35. The first-order valence-electron chi connectivity index (χ1n) is 10.0. The molecule has 1 fully saturated rings. The van der Waals surface area contributed by atoms with Crippen LogP contribution in [0.5, 0.6) is 17.5 Å². The maximum atomic E-state index is 6.11. The largest absolute Gasteiger partial charge is 0.493 e. The lowest BCUT2D eigenvalue weighted by molar-refractivity contribution is 0.268. The van der Waals surface area contributed by atoms with Gasteiger partial charge in [0, 0.05) is 11.6 Å². The van der Waals surface area contributed by atoms with Crippen molar-refractivity contribution in [2.45, 2.75) is 25.5 Å². The van der Waals surface area contributed by atoms with Crippen LogP contribution < -0.4 is 14.2 Å². The number of nitrogens with zero attached hydrogens (tertiary/aromatic N) is 3. The van der Waals surface area contributed by atoms with E-state index in [1.54, 1.807) is 14.2 Å². The van der Waals surface area contributed by atoms with Crippen LogP contribution >= 0.6 is 0 Å². The number of pyridine rings is 1. The van der Waals surface area contributed by atoms with Crippen molar-refractivity contribution in [2.75, 3.05) is 14.2 Å². The van der Waals surface area contributed by atoms with E-state index in [4.69, 9.17) is 24.2 Å². The van der Waals surface area contributed by atoms with Crippen LogP contribution in [0, 0.1) is 0 Å². The lowest BCUT2D eigenvalue weighted by atomic mass is 10.1. The molecule has 5 rings (SSSR count). The Kier molecular flexibility index (Phi) is 4.75. The van der Waals surface area contributed by atoms with Crippen molar-refractivity contribution in [2.24, 2.45) is 0 Å². The van der Waals surface area contributed by atoms with Crippen molar-refractivity contribution in [3.63, 3.8) is 0 Å². The van der Waals surface area contributed by atoms with Gasteiger partial charge in [0.1, 0.15) is 6.61 Å². The van der Waals surface area contributed by atoms with Crippen LogP contribution in [-0.4, -0.2) is 28.8 Å². The normalized spacial score (nSPS) is 13.4. The van der Waals surface area contributed by atoms with Gasteiger partial charge in [-0.15, -0.1) is 0 Å². The fraction of sp³-hybridized carbons (Fsp3) is 0.250. The highest BCUT2D eigenvalue weighted by atomic mass is 16.5. The summed E-state index contributed by atoms with van der Waals surface area (Å²) in [5.74, 6) is 1.37. The number of hydrogen-bond donors (Lipinski definition) is 0. The Bertz CT molecular complexity index is 1180. The second kappa shape index (κ2) is 7.71. The first-order valence-corrected chi connectivity index (χ1v) is 10.0. The molecular weight excluding hydrogens is 378 g/mol. The van der Waals surface area contributed by atoms with Crippen molar-refractivity contribution < 1.29 is 14.2 Å². The summed E-state index contributed by atoms with van der Waals surface area (Å²) in [6.45, 7) is 0.493. The van der Waals surface area contributed by atoms with Crippen LogP contribution in [0.4, 0.5) is 0 Å². The summed E-state index contributed by atoms with van der Waals surface area (Å²) in [6.07, 6.45) is 4.18. The molecule has 0 radical (unpaired) electrons. The van der Waals surface area contributed by atoms with E-state index in [0.29, 0.717) is 30.2 Å². The topological polar surface area (TPSA) is 58.4 Å². The Morgan fingerprint density at radius 2 is 1.77 bits per heavy atom. The second-order valence-electron chi connectivity index (χ2n) is 7.40. The van der Waals surface area contributed by atoms with E-state index in [-0.39, 0.29) is 0 Å². The minimum absolute atomic E-state index is 0.439. The number of imidazole rings is 1. The maximum Gasteiger partial charge on any atom is 0.297 e. The van der Waals surface area contributed by atoms with E-state index in [2.05, 4.69) is 16.7 Å². The number of ether oxygens (including phenoxy) is 3. The van der Waals surface area contributed by atoms with Crippen molar-refractivity contribution >= 4 is 11.0 Å². The van der Waals surface area contributed by atoms with Crippen molar-refractivity contribution in [1.82, 2.24) is 14.5 Å². The summed E-state index contributed by atoms with van der Waals surface area (Å²) in [4.78, 5) is 9.49. The standard InChI is InChI=1S/C24H23N3O3/c1-28-22-11-8-17(12-23(22)29-2)19-13-20-21(14-25-19)27(18-9-10-18)24(26-20)30-15-16-6-4-3-5-7-16/h3-8,11-14,18H,9-10,15H2,1-2H3. The number of rotatable bonds is 7. The Morgan fingerprint density at radius 3 is 2.50 bits per heavy atom. The van der Waals surface area contributed by atoms with Gasteiger partial charge in [-0.1, -0.05) is 30.3 Å². The average Bonchev–Trinajstić information content (AvgIpc) is 3.57. The summed E-state index contributed by atoms with van der Waals surface area (Å²) in [5.41, 5.74) is 4.78. The van der Waals surface area contributed by atoms with E-state index in [0.717, 1.165) is 40.7 Å². The van der Waals surface area contributed by atoms with E-state index >= 15 is 0 Å². The molecular formula is C24H23N3O3. The van der Waals surface area contributed by atoms with Gasteiger partial charge in [-0.2, -0.15) is 4.98 Å². The first-order chi connectivity index (χ1) is 14.8. The molecule has 30 heavy (non-hydrogen) atoms. The van der Waals surface area contributed by atoms with Gasteiger partial charge in [0.25, 0.3) is 6.01 Å². The van der Waals surface area contributed by atoms with Crippen LogP contribution in [0.25, 0.3) is 22.3 Å². The Morgan fingerprint density at radius 1 is 0.967 bits per heavy atom. The smallest absolute Gasteiger partial charge is 0.297 e. The van der Waals surface area contributed by atoms with Crippen molar-refractivity contribution in [3.05, 3.63) is 66.4 Å². The number of aromatic nitrogens is 3. The zero-order chi connectivity index (χ0) is 20.5. The number of fused-ring (bicyclic) bond motifs is 1. The van der Waals surface area contributed by atoms with Gasteiger partial charge in [0.2, 0.25) is 0 Å². The molecule has 0 atom stereocenters. The minimum Gasteiger partial charge on any atom is -0.493 e. The molecule has 0 unspecified atom stereocenters. The number of methoxy groups -OCH3 is 2. The molecule has 6 heteroatoms. The molecule has 0 amide bonds. The molecule has 2 aromatic carbocycles. The quantitative estimate of drug-likeness (QED) is 0.435. The summed E-state index contributed by atoms with van der Waals surface area (Å²) < 4.78 is 19.1. The molecule has 2 aromatic heterocycles. The highest BCUT2D eigenvalue weighted by Crippen LogP contribution is 2.41. The Hall–Kier alpha value is -3.54. The highest BCUT2D eigenvalue weighted by molar-refractivity contribution is 5.81. The van der Waals surface area contributed by atoms with Crippen LogP contribution in [0.2, 0.25) is 0 Å². The zero-order valence-corrected chi connectivity index (χ0v) is 17.0. The lowest BCUT2D eigenvalue weighted by Gasteiger charge is -2.10. The summed E-state index contributed by atoms with van der Waals surface area (Å²) in [5, 5.41) is 0. The van der Waals surface area contributed by atoms with Gasteiger partial charge in [0.05, 0.1) is 37.1 Å². The Labute approximate surface area is 175 Å². The molecule has 0 aliphatic heterocycles. The highest BCUT2D eigenvalue weighted by Gasteiger charge is 2.29. The van der Waals surface area contributed by atoms with E-state index in [1.165, 1.54) is 0 Å². The van der Waals surface area contributed by atoms with Crippen LogP contribution in [0.15, 0.2) is 60.8 Å². The fourth-order valence-corrected chi connectivity index (χ4v) is 3.64. The third-order valence-electron chi connectivity index (χ3n) is 5.35. The molecule has 0 bridgehead atoms. The van der Waals surface area contributed by atoms with E-state index < -0.39 is 0 Å². The van der Waals surface area contributed by atoms with Crippen molar-refractivity contribution in [3.8, 4) is 28.8 Å². The van der Waals surface area contributed by atoms with Gasteiger partial charge < -0.3 is 14.2 Å². The predicted molar refractivity (Wildman–Crippen MR) is 115 cm³/mol. The SMILES string of the molecule is COc1ccc(-c2cc3nc(OCc4ccccc4)n(C4CC4)c3cn2)cc1OC.